The van der Waals surface area contributed by atoms with Gasteiger partial charge in [0, 0.05) is 6.61 Å². The number of benzene rings is 1. The number of rotatable bonds is 11. The van der Waals surface area contributed by atoms with E-state index in [0.29, 0.717) is 6.10 Å². The molecule has 0 amide bonds. The molecule has 3 aliphatic carbocycles. The molecule has 1 heteroatoms. The van der Waals surface area contributed by atoms with E-state index in [1.807, 2.05) is 0 Å². The Hall–Kier alpha value is -0.820. The molecule has 0 aromatic heterocycles. The van der Waals surface area contributed by atoms with Gasteiger partial charge in [-0.1, -0.05) is 64.2 Å². The Bertz CT molecular complexity index is 679. The van der Waals surface area contributed by atoms with Gasteiger partial charge in [0.25, 0.3) is 0 Å². The first-order chi connectivity index (χ1) is 15.8. The highest BCUT2D eigenvalue weighted by molar-refractivity contribution is 5.34. The van der Waals surface area contributed by atoms with Crippen LogP contribution in [0.25, 0.3) is 0 Å². The van der Waals surface area contributed by atoms with E-state index in [1.54, 1.807) is 16.7 Å². The van der Waals surface area contributed by atoms with Gasteiger partial charge in [-0.05, 0) is 117 Å². The van der Waals surface area contributed by atoms with Crippen LogP contribution in [0.15, 0.2) is 18.2 Å². The third kappa shape index (κ3) is 6.62. The summed E-state index contributed by atoms with van der Waals surface area (Å²) in [7, 11) is 0. The van der Waals surface area contributed by atoms with E-state index in [1.165, 1.54) is 109 Å². The van der Waals surface area contributed by atoms with Crippen molar-refractivity contribution < 1.29 is 4.74 Å². The van der Waals surface area contributed by atoms with E-state index in [0.717, 1.165) is 30.3 Å². The molecule has 1 nitrogen and oxygen atoms in total. The highest BCUT2D eigenvalue weighted by Crippen LogP contribution is 2.47. The van der Waals surface area contributed by atoms with Crippen molar-refractivity contribution in [3.05, 3.63) is 34.9 Å². The van der Waals surface area contributed by atoms with Crippen molar-refractivity contribution >= 4 is 0 Å². The van der Waals surface area contributed by atoms with Crippen molar-refractivity contribution in [3.63, 3.8) is 0 Å². The smallest absolute Gasteiger partial charge is 0.0578 e. The maximum Gasteiger partial charge on any atom is 0.0578 e. The van der Waals surface area contributed by atoms with Crippen LogP contribution in [-0.2, 0) is 24.0 Å². The van der Waals surface area contributed by atoms with Gasteiger partial charge in [0.2, 0.25) is 0 Å². The molecule has 0 spiro atoms. The second-order valence-electron chi connectivity index (χ2n) is 11.5. The number of aryl methyl sites for hydroxylation is 2. The minimum absolute atomic E-state index is 0.571. The summed E-state index contributed by atoms with van der Waals surface area (Å²) in [5.74, 6) is 3.89. The van der Waals surface area contributed by atoms with E-state index in [-0.39, 0.29) is 0 Å². The van der Waals surface area contributed by atoms with Gasteiger partial charge in [-0.15, -0.1) is 0 Å². The predicted molar refractivity (Wildman–Crippen MR) is 137 cm³/mol. The first-order valence-electron chi connectivity index (χ1n) is 14.5. The lowest BCUT2D eigenvalue weighted by atomic mass is 9.62. The predicted octanol–water partition coefficient (Wildman–Crippen LogP) is 8.71. The highest BCUT2D eigenvalue weighted by Gasteiger charge is 2.38. The lowest BCUT2D eigenvalue weighted by Gasteiger charge is -2.45. The maximum atomic E-state index is 6.21. The third-order valence-electron chi connectivity index (χ3n) is 9.23. The Kier molecular flexibility index (Phi) is 9.56. The summed E-state index contributed by atoms with van der Waals surface area (Å²) in [5, 5.41) is 0. The molecular formula is C31H50O. The average Bonchev–Trinajstić information content (AvgIpc) is 2.83. The van der Waals surface area contributed by atoms with Gasteiger partial charge in [-0.3, -0.25) is 0 Å². The van der Waals surface area contributed by atoms with Crippen molar-refractivity contribution in [3.8, 4) is 0 Å². The monoisotopic (exact) mass is 438 g/mol. The summed E-state index contributed by atoms with van der Waals surface area (Å²) in [6, 6.07) is 7.53. The fourth-order valence-electron chi connectivity index (χ4n) is 7.18. The van der Waals surface area contributed by atoms with Crippen LogP contribution in [0.2, 0.25) is 0 Å². The zero-order valence-electron chi connectivity index (χ0n) is 21.3. The summed E-state index contributed by atoms with van der Waals surface area (Å²) in [6.45, 7) is 5.56. The largest absolute Gasteiger partial charge is 0.378 e. The van der Waals surface area contributed by atoms with Gasteiger partial charge in [0.15, 0.2) is 0 Å². The van der Waals surface area contributed by atoms with Crippen LogP contribution >= 0.6 is 0 Å². The Labute approximate surface area is 199 Å². The zero-order valence-corrected chi connectivity index (χ0v) is 21.3. The van der Waals surface area contributed by atoms with Crippen molar-refractivity contribution in [1.29, 1.82) is 0 Å². The minimum atomic E-state index is 0.571. The molecule has 2 fully saturated rings. The van der Waals surface area contributed by atoms with Crippen LogP contribution in [0.3, 0.4) is 0 Å². The van der Waals surface area contributed by atoms with Crippen molar-refractivity contribution in [2.24, 2.45) is 23.7 Å². The van der Waals surface area contributed by atoms with Crippen LogP contribution in [-0.4, -0.2) is 12.7 Å². The van der Waals surface area contributed by atoms with Gasteiger partial charge in [-0.25, -0.2) is 0 Å². The topological polar surface area (TPSA) is 9.23 Å². The molecule has 1 aromatic carbocycles. The van der Waals surface area contributed by atoms with Gasteiger partial charge in [-0.2, -0.15) is 0 Å². The summed E-state index contributed by atoms with van der Waals surface area (Å²) in [4.78, 5) is 0. The summed E-state index contributed by atoms with van der Waals surface area (Å²) in [6.07, 6.45) is 24.0. The molecule has 0 heterocycles. The van der Waals surface area contributed by atoms with E-state index in [9.17, 15) is 0 Å². The standard InChI is InChI=1S/C31H50O/c1-3-5-7-8-9-10-24-11-12-26-21-27(14-13-25(26)20-24)28-15-16-30-23-31(32-19-6-4-2)18-17-29(30)22-28/h11-12,20,27-31H,3-10,13-19,21-23H2,1-2H3. The molecule has 4 rings (SSSR count). The van der Waals surface area contributed by atoms with Gasteiger partial charge >= 0.3 is 0 Å². The molecule has 32 heavy (non-hydrogen) atoms. The minimum Gasteiger partial charge on any atom is -0.378 e. The van der Waals surface area contributed by atoms with Crippen molar-refractivity contribution in [2.75, 3.05) is 6.61 Å². The quantitative estimate of drug-likeness (QED) is 0.314. The molecule has 3 aliphatic rings. The van der Waals surface area contributed by atoms with E-state index in [2.05, 4.69) is 32.0 Å². The summed E-state index contributed by atoms with van der Waals surface area (Å²) >= 11 is 0. The van der Waals surface area contributed by atoms with E-state index >= 15 is 0 Å². The van der Waals surface area contributed by atoms with Gasteiger partial charge in [0.1, 0.15) is 0 Å². The molecule has 0 N–H and O–H groups in total. The van der Waals surface area contributed by atoms with Crippen LogP contribution in [0.4, 0.5) is 0 Å². The first kappa shape index (κ1) is 24.3. The third-order valence-corrected chi connectivity index (χ3v) is 9.23. The molecule has 2 saturated carbocycles. The number of hydrogen-bond donors (Lipinski definition) is 0. The lowest BCUT2D eigenvalue weighted by Crippen LogP contribution is -2.37. The number of unbranched alkanes of at least 4 members (excludes halogenated alkanes) is 5. The molecule has 5 atom stereocenters. The second-order valence-corrected chi connectivity index (χ2v) is 11.5. The van der Waals surface area contributed by atoms with Crippen molar-refractivity contribution in [2.45, 2.75) is 129 Å². The number of ether oxygens (including phenoxy) is 1. The normalized spacial score (nSPS) is 30.0. The Morgan fingerprint density at radius 1 is 0.719 bits per heavy atom. The molecule has 0 saturated heterocycles. The summed E-state index contributed by atoms with van der Waals surface area (Å²) in [5.41, 5.74) is 4.97. The molecule has 0 aliphatic heterocycles. The van der Waals surface area contributed by atoms with E-state index < -0.39 is 0 Å². The Morgan fingerprint density at radius 3 is 2.31 bits per heavy atom. The lowest BCUT2D eigenvalue weighted by molar-refractivity contribution is -0.0247. The highest BCUT2D eigenvalue weighted by atomic mass is 16.5. The maximum absolute atomic E-state index is 6.21. The summed E-state index contributed by atoms with van der Waals surface area (Å²) < 4.78 is 6.21. The molecule has 5 unspecified atom stereocenters. The van der Waals surface area contributed by atoms with Crippen LogP contribution in [0, 0.1) is 23.7 Å². The second kappa shape index (κ2) is 12.6. The molecule has 1 aromatic rings. The zero-order chi connectivity index (χ0) is 22.2. The molecule has 0 bridgehead atoms. The van der Waals surface area contributed by atoms with Crippen LogP contribution in [0.5, 0.6) is 0 Å². The Morgan fingerprint density at radius 2 is 1.47 bits per heavy atom. The average molecular weight is 439 g/mol. The molecular weight excluding hydrogens is 388 g/mol. The first-order valence-corrected chi connectivity index (χ1v) is 14.5. The SMILES string of the molecule is CCCCCCCc1ccc2c(c1)CCC(C1CCC3CC(OCCCC)CCC3C1)C2. The van der Waals surface area contributed by atoms with Gasteiger partial charge < -0.3 is 4.74 Å². The van der Waals surface area contributed by atoms with Crippen LogP contribution < -0.4 is 0 Å². The molecule has 180 valence electrons. The number of fused-ring (bicyclic) bond motifs is 2. The molecule has 0 radical (unpaired) electrons. The fraction of sp³-hybridized carbons (Fsp3) is 0.806. The van der Waals surface area contributed by atoms with Crippen LogP contribution in [0.1, 0.15) is 120 Å². The van der Waals surface area contributed by atoms with Crippen molar-refractivity contribution in [1.82, 2.24) is 0 Å². The van der Waals surface area contributed by atoms with E-state index in [4.69, 9.17) is 4.74 Å². The Balaban J connectivity index is 1.23. The van der Waals surface area contributed by atoms with Gasteiger partial charge in [0.05, 0.1) is 6.10 Å². The number of hydrogen-bond acceptors (Lipinski definition) is 1. The fourth-order valence-corrected chi connectivity index (χ4v) is 7.18.